The zero-order valence-corrected chi connectivity index (χ0v) is 11.0. The van der Waals surface area contributed by atoms with E-state index in [4.69, 9.17) is 9.84 Å². The minimum atomic E-state index is -0.573. The predicted octanol–water partition coefficient (Wildman–Crippen LogP) is 0.981. The molecule has 0 heterocycles. The lowest BCUT2D eigenvalue weighted by Crippen LogP contribution is -2.28. The van der Waals surface area contributed by atoms with Crippen LogP contribution in [0.2, 0.25) is 0 Å². The first-order chi connectivity index (χ1) is 9.06. The number of amides is 1. The summed E-state index contributed by atoms with van der Waals surface area (Å²) in [5.74, 6) is -0.831. The van der Waals surface area contributed by atoms with Crippen molar-refractivity contribution in [3.8, 4) is 0 Å². The van der Waals surface area contributed by atoms with Gasteiger partial charge in [0, 0.05) is 11.4 Å². The number of aliphatic hydroxyl groups is 1. The fourth-order valence-corrected chi connectivity index (χ4v) is 1.46. The van der Waals surface area contributed by atoms with Gasteiger partial charge in [-0.1, -0.05) is 6.07 Å². The van der Waals surface area contributed by atoms with Gasteiger partial charge in [0.05, 0.1) is 6.61 Å². The molecule has 6 nitrogen and oxygen atoms in total. The van der Waals surface area contributed by atoms with Crippen molar-refractivity contribution in [3.63, 3.8) is 0 Å². The molecule has 0 aliphatic carbocycles. The molecule has 1 aromatic rings. The van der Waals surface area contributed by atoms with E-state index in [0.717, 1.165) is 0 Å². The zero-order valence-electron chi connectivity index (χ0n) is 11.0. The Labute approximate surface area is 111 Å². The molecule has 0 fully saturated rings. The molecule has 0 aliphatic rings. The SMILES string of the molecule is CCOC(=O)C(C)Nc1cccc(NC(=O)CO)c1. The van der Waals surface area contributed by atoms with Crippen LogP contribution in [0.3, 0.4) is 0 Å². The smallest absolute Gasteiger partial charge is 0.328 e. The molecule has 19 heavy (non-hydrogen) atoms. The highest BCUT2D eigenvalue weighted by atomic mass is 16.5. The van der Waals surface area contributed by atoms with Crippen LogP contribution in [0.4, 0.5) is 11.4 Å². The van der Waals surface area contributed by atoms with Gasteiger partial charge in [-0.3, -0.25) is 4.79 Å². The van der Waals surface area contributed by atoms with Crippen molar-refractivity contribution in [2.75, 3.05) is 23.8 Å². The van der Waals surface area contributed by atoms with Crippen LogP contribution in [0.15, 0.2) is 24.3 Å². The first kappa shape index (κ1) is 15.0. The third-order valence-corrected chi connectivity index (χ3v) is 2.31. The van der Waals surface area contributed by atoms with Crippen molar-refractivity contribution in [2.45, 2.75) is 19.9 Å². The molecule has 0 bridgehead atoms. The summed E-state index contributed by atoms with van der Waals surface area (Å²) in [5.41, 5.74) is 1.22. The van der Waals surface area contributed by atoms with Crippen molar-refractivity contribution >= 4 is 23.3 Å². The van der Waals surface area contributed by atoms with Gasteiger partial charge in [0.25, 0.3) is 0 Å². The Morgan fingerprint density at radius 3 is 2.68 bits per heavy atom. The van der Waals surface area contributed by atoms with E-state index in [-0.39, 0.29) is 5.97 Å². The zero-order chi connectivity index (χ0) is 14.3. The molecule has 0 spiro atoms. The van der Waals surface area contributed by atoms with Crippen LogP contribution in [0.25, 0.3) is 0 Å². The average Bonchev–Trinajstić information content (AvgIpc) is 2.39. The molecular weight excluding hydrogens is 248 g/mol. The van der Waals surface area contributed by atoms with Gasteiger partial charge in [-0.25, -0.2) is 4.79 Å². The first-order valence-electron chi connectivity index (χ1n) is 6.00. The van der Waals surface area contributed by atoms with E-state index < -0.39 is 18.6 Å². The summed E-state index contributed by atoms with van der Waals surface area (Å²) in [4.78, 5) is 22.5. The average molecular weight is 266 g/mol. The molecule has 3 N–H and O–H groups in total. The second-order valence-corrected chi connectivity index (χ2v) is 3.91. The number of aliphatic hydroxyl groups excluding tert-OH is 1. The topological polar surface area (TPSA) is 87.7 Å². The lowest BCUT2D eigenvalue weighted by molar-refractivity contribution is -0.143. The summed E-state index contributed by atoms with van der Waals surface area (Å²) in [6.45, 7) is 3.20. The third-order valence-electron chi connectivity index (χ3n) is 2.31. The largest absolute Gasteiger partial charge is 0.464 e. The fraction of sp³-hybridized carbons (Fsp3) is 0.385. The van der Waals surface area contributed by atoms with Gasteiger partial charge >= 0.3 is 5.97 Å². The maximum Gasteiger partial charge on any atom is 0.328 e. The maximum atomic E-state index is 11.5. The highest BCUT2D eigenvalue weighted by Gasteiger charge is 2.13. The number of carbonyl (C=O) groups is 2. The maximum absolute atomic E-state index is 11.5. The van der Waals surface area contributed by atoms with E-state index in [1.807, 2.05) is 0 Å². The van der Waals surface area contributed by atoms with Crippen LogP contribution in [0.5, 0.6) is 0 Å². The highest BCUT2D eigenvalue weighted by Crippen LogP contribution is 2.16. The summed E-state index contributed by atoms with van der Waals surface area (Å²) in [6, 6.07) is 6.37. The summed E-state index contributed by atoms with van der Waals surface area (Å²) in [5, 5.41) is 14.1. The number of ether oxygens (including phenoxy) is 1. The van der Waals surface area contributed by atoms with E-state index in [0.29, 0.717) is 18.0 Å². The molecule has 0 aromatic heterocycles. The monoisotopic (exact) mass is 266 g/mol. The molecule has 1 amide bonds. The van der Waals surface area contributed by atoms with Crippen LogP contribution in [0.1, 0.15) is 13.8 Å². The predicted molar refractivity (Wildman–Crippen MR) is 71.9 cm³/mol. The van der Waals surface area contributed by atoms with Crippen molar-refractivity contribution in [2.24, 2.45) is 0 Å². The number of nitrogens with one attached hydrogen (secondary N) is 2. The minimum Gasteiger partial charge on any atom is -0.464 e. The second-order valence-electron chi connectivity index (χ2n) is 3.91. The summed E-state index contributed by atoms with van der Waals surface area (Å²) in [7, 11) is 0. The quantitative estimate of drug-likeness (QED) is 0.668. The molecule has 0 saturated carbocycles. The molecule has 0 saturated heterocycles. The Hall–Kier alpha value is -2.08. The lowest BCUT2D eigenvalue weighted by atomic mass is 10.2. The summed E-state index contributed by atoms with van der Waals surface area (Å²) >= 11 is 0. The number of hydrogen-bond acceptors (Lipinski definition) is 5. The Morgan fingerprint density at radius 2 is 2.05 bits per heavy atom. The van der Waals surface area contributed by atoms with E-state index in [9.17, 15) is 9.59 Å². The number of carbonyl (C=O) groups excluding carboxylic acids is 2. The van der Waals surface area contributed by atoms with Gasteiger partial charge in [0.2, 0.25) is 5.91 Å². The Kier molecular flexibility index (Phi) is 5.81. The molecule has 1 aromatic carbocycles. The van der Waals surface area contributed by atoms with E-state index in [1.54, 1.807) is 38.1 Å². The van der Waals surface area contributed by atoms with Gasteiger partial charge in [-0.15, -0.1) is 0 Å². The number of anilines is 2. The number of benzene rings is 1. The molecule has 1 rings (SSSR count). The minimum absolute atomic E-state index is 0.331. The summed E-state index contributed by atoms with van der Waals surface area (Å²) < 4.78 is 4.88. The molecule has 1 atom stereocenters. The van der Waals surface area contributed by atoms with Crippen molar-refractivity contribution in [1.29, 1.82) is 0 Å². The van der Waals surface area contributed by atoms with Gasteiger partial charge < -0.3 is 20.5 Å². The molecular formula is C13H18N2O4. The standard InChI is InChI=1S/C13H18N2O4/c1-3-19-13(18)9(2)14-10-5-4-6-11(7-10)15-12(17)8-16/h4-7,9,14,16H,3,8H2,1-2H3,(H,15,17). The molecule has 6 heteroatoms. The number of hydrogen-bond donors (Lipinski definition) is 3. The Morgan fingerprint density at radius 1 is 1.37 bits per heavy atom. The van der Waals surface area contributed by atoms with Crippen LogP contribution in [0, 0.1) is 0 Å². The third kappa shape index (κ3) is 4.97. The fourth-order valence-electron chi connectivity index (χ4n) is 1.46. The van der Waals surface area contributed by atoms with Gasteiger partial charge in [0.1, 0.15) is 12.6 Å². The second kappa shape index (κ2) is 7.38. The highest BCUT2D eigenvalue weighted by molar-refractivity contribution is 5.92. The van der Waals surface area contributed by atoms with Crippen LogP contribution in [-0.4, -0.2) is 36.2 Å². The Balaban J connectivity index is 2.66. The molecule has 104 valence electrons. The number of esters is 1. The van der Waals surface area contributed by atoms with Crippen LogP contribution < -0.4 is 10.6 Å². The molecule has 0 radical (unpaired) electrons. The van der Waals surface area contributed by atoms with Crippen LogP contribution in [-0.2, 0) is 14.3 Å². The van der Waals surface area contributed by atoms with E-state index >= 15 is 0 Å². The molecule has 0 aliphatic heterocycles. The van der Waals surface area contributed by atoms with Crippen molar-refractivity contribution in [3.05, 3.63) is 24.3 Å². The normalized spacial score (nSPS) is 11.5. The van der Waals surface area contributed by atoms with Gasteiger partial charge in [0.15, 0.2) is 0 Å². The van der Waals surface area contributed by atoms with Gasteiger partial charge in [-0.2, -0.15) is 0 Å². The molecule has 1 unspecified atom stereocenters. The van der Waals surface area contributed by atoms with Crippen LogP contribution >= 0.6 is 0 Å². The lowest BCUT2D eigenvalue weighted by Gasteiger charge is -2.14. The number of rotatable bonds is 6. The van der Waals surface area contributed by atoms with Crippen molar-refractivity contribution in [1.82, 2.24) is 0 Å². The first-order valence-corrected chi connectivity index (χ1v) is 6.00. The Bertz CT molecular complexity index is 448. The van der Waals surface area contributed by atoms with E-state index in [1.165, 1.54) is 0 Å². The van der Waals surface area contributed by atoms with Crippen molar-refractivity contribution < 1.29 is 19.4 Å². The summed E-state index contributed by atoms with van der Waals surface area (Å²) in [6.07, 6.45) is 0. The van der Waals surface area contributed by atoms with E-state index in [2.05, 4.69) is 10.6 Å². The van der Waals surface area contributed by atoms with Gasteiger partial charge in [-0.05, 0) is 32.0 Å².